The molecule has 0 fully saturated rings. The number of benzene rings is 2. The molecule has 0 atom stereocenters. The number of aliphatic hydroxyl groups is 2. The van der Waals surface area contributed by atoms with Gasteiger partial charge in [0.25, 0.3) is 0 Å². The molecule has 0 aliphatic carbocycles. The van der Waals surface area contributed by atoms with Crippen molar-refractivity contribution in [1.29, 1.82) is 0 Å². The summed E-state index contributed by atoms with van der Waals surface area (Å²) in [6.07, 6.45) is 0. The molecule has 30 heavy (non-hydrogen) atoms. The summed E-state index contributed by atoms with van der Waals surface area (Å²) in [7, 11) is -7.83. The smallest absolute Gasteiger partial charge is 0.241 e. The summed E-state index contributed by atoms with van der Waals surface area (Å²) in [4.78, 5) is -0.101. The zero-order valence-electron chi connectivity index (χ0n) is 16.3. The van der Waals surface area contributed by atoms with Crippen LogP contribution in [0.5, 0.6) is 0 Å². The summed E-state index contributed by atoms with van der Waals surface area (Å²) >= 11 is 0. The predicted octanol–water partition coefficient (Wildman–Crippen LogP) is -0.586. The summed E-state index contributed by atoms with van der Waals surface area (Å²) in [5, 5.41) is 17.9. The molecular formula is C18H26N2O8S2. The van der Waals surface area contributed by atoms with Crippen molar-refractivity contribution in [2.24, 2.45) is 0 Å². The third-order valence-electron chi connectivity index (χ3n) is 3.97. The zero-order chi connectivity index (χ0) is 22.0. The molecule has 0 bridgehead atoms. The van der Waals surface area contributed by atoms with E-state index in [1.54, 1.807) is 0 Å². The maximum Gasteiger partial charge on any atom is 0.241 e. The van der Waals surface area contributed by atoms with Crippen LogP contribution in [0.15, 0.2) is 46.2 Å². The molecule has 0 spiro atoms. The third kappa shape index (κ3) is 6.68. The number of hydrogen-bond donors (Lipinski definition) is 4. The van der Waals surface area contributed by atoms with E-state index in [0.29, 0.717) is 0 Å². The molecule has 0 saturated carbocycles. The van der Waals surface area contributed by atoms with Gasteiger partial charge in [0.2, 0.25) is 20.0 Å². The van der Waals surface area contributed by atoms with E-state index in [4.69, 9.17) is 19.7 Å². The van der Waals surface area contributed by atoms with Crippen LogP contribution in [0, 0.1) is 0 Å². The van der Waals surface area contributed by atoms with E-state index in [0.717, 1.165) is 0 Å². The molecule has 168 valence electrons. The number of ether oxygens (including phenoxy) is 2. The molecule has 0 heterocycles. The van der Waals surface area contributed by atoms with E-state index in [1.807, 2.05) is 0 Å². The van der Waals surface area contributed by atoms with Crippen LogP contribution in [0.2, 0.25) is 0 Å². The molecule has 0 amide bonds. The third-order valence-corrected chi connectivity index (χ3v) is 7.01. The lowest BCUT2D eigenvalue weighted by atomic mass is 10.1. The fraction of sp³-hybridized carbons (Fsp3) is 0.444. The second-order valence-corrected chi connectivity index (χ2v) is 9.55. The number of aliphatic hydroxyl groups excluding tert-OH is 2. The van der Waals surface area contributed by atoms with Crippen LogP contribution < -0.4 is 9.44 Å². The number of fused-ring (bicyclic) bond motifs is 1. The molecule has 2 rings (SSSR count). The standard InChI is InChI=1S/C18H26N2O8S2/c21-9-13-27-11-7-19-29(23,24)17-5-1-3-15-16(17)4-2-6-18(15)30(25,26)20-8-12-28-14-10-22/h1-6,19-22H,7-14H2. The number of sulfonamides is 2. The summed E-state index contributed by atoms with van der Waals surface area (Å²) in [5.41, 5.74) is 0. The van der Waals surface area contributed by atoms with E-state index in [1.165, 1.54) is 36.4 Å². The Bertz CT molecular complexity index is 942. The quantitative estimate of drug-likeness (QED) is 0.272. The fourth-order valence-corrected chi connectivity index (χ4v) is 5.17. The summed E-state index contributed by atoms with van der Waals surface area (Å²) in [6, 6.07) is 8.81. The molecule has 0 aliphatic heterocycles. The Morgan fingerprint density at radius 2 is 1.07 bits per heavy atom. The fourth-order valence-electron chi connectivity index (χ4n) is 2.71. The van der Waals surface area contributed by atoms with E-state index in [2.05, 4.69) is 9.44 Å². The molecule has 12 heteroatoms. The van der Waals surface area contributed by atoms with Gasteiger partial charge in [-0.2, -0.15) is 0 Å². The van der Waals surface area contributed by atoms with Gasteiger partial charge in [0.15, 0.2) is 0 Å². The Labute approximate surface area is 175 Å². The average Bonchev–Trinajstić information content (AvgIpc) is 2.72. The predicted molar refractivity (Wildman–Crippen MR) is 110 cm³/mol. The minimum Gasteiger partial charge on any atom is -0.394 e. The van der Waals surface area contributed by atoms with Crippen molar-refractivity contribution < 1.29 is 36.5 Å². The number of nitrogens with one attached hydrogen (secondary N) is 2. The largest absolute Gasteiger partial charge is 0.394 e. The van der Waals surface area contributed by atoms with Crippen molar-refractivity contribution in [3.63, 3.8) is 0 Å². The molecular weight excluding hydrogens is 436 g/mol. The molecule has 4 N–H and O–H groups in total. The highest BCUT2D eigenvalue weighted by molar-refractivity contribution is 7.90. The molecule has 10 nitrogen and oxygen atoms in total. The topological polar surface area (TPSA) is 151 Å². The molecule has 2 aromatic carbocycles. The average molecular weight is 463 g/mol. The van der Waals surface area contributed by atoms with Gasteiger partial charge < -0.3 is 19.7 Å². The van der Waals surface area contributed by atoms with Gasteiger partial charge in [0.05, 0.1) is 49.4 Å². The Morgan fingerprint density at radius 3 is 1.43 bits per heavy atom. The lowest BCUT2D eigenvalue weighted by molar-refractivity contribution is 0.0961. The lowest BCUT2D eigenvalue weighted by Crippen LogP contribution is -2.29. The minimum absolute atomic E-state index is 0.00606. The van der Waals surface area contributed by atoms with E-state index in [9.17, 15) is 16.8 Å². The summed E-state index contributed by atoms with van der Waals surface area (Å²) in [6.45, 7) is 0.0888. The first-order valence-corrected chi connectivity index (χ1v) is 12.2. The van der Waals surface area contributed by atoms with Crippen molar-refractivity contribution in [3.8, 4) is 0 Å². The highest BCUT2D eigenvalue weighted by Crippen LogP contribution is 2.28. The van der Waals surface area contributed by atoms with Crippen molar-refractivity contribution in [3.05, 3.63) is 36.4 Å². The van der Waals surface area contributed by atoms with Crippen LogP contribution >= 0.6 is 0 Å². The van der Waals surface area contributed by atoms with Gasteiger partial charge in [-0.15, -0.1) is 0 Å². The molecule has 0 saturated heterocycles. The Morgan fingerprint density at radius 1 is 0.667 bits per heavy atom. The maximum atomic E-state index is 12.7. The molecule has 0 radical (unpaired) electrons. The van der Waals surface area contributed by atoms with Crippen LogP contribution in [0.4, 0.5) is 0 Å². The van der Waals surface area contributed by atoms with Crippen molar-refractivity contribution in [1.82, 2.24) is 9.44 Å². The van der Waals surface area contributed by atoms with Crippen LogP contribution in [-0.4, -0.2) is 79.8 Å². The SMILES string of the molecule is O=S(=O)(NCCOCCO)c1cccc2c(S(=O)(=O)NCCOCCO)cccc12. The second kappa shape index (κ2) is 11.7. The minimum atomic E-state index is -3.91. The van der Waals surface area contributed by atoms with Crippen molar-refractivity contribution in [2.75, 3.05) is 52.7 Å². The van der Waals surface area contributed by atoms with E-state index >= 15 is 0 Å². The van der Waals surface area contributed by atoms with Gasteiger partial charge in [0, 0.05) is 23.9 Å². The van der Waals surface area contributed by atoms with Gasteiger partial charge in [-0.25, -0.2) is 26.3 Å². The lowest BCUT2D eigenvalue weighted by Gasteiger charge is -2.13. The summed E-state index contributed by atoms with van der Waals surface area (Å²) < 4.78 is 65.7. The van der Waals surface area contributed by atoms with Crippen LogP contribution in [0.1, 0.15) is 0 Å². The van der Waals surface area contributed by atoms with E-state index in [-0.39, 0.29) is 73.3 Å². The highest BCUT2D eigenvalue weighted by Gasteiger charge is 2.21. The normalized spacial score (nSPS) is 12.5. The summed E-state index contributed by atoms with van der Waals surface area (Å²) in [5.74, 6) is 0. The Balaban J connectivity index is 2.25. The maximum absolute atomic E-state index is 12.7. The number of rotatable bonds is 14. The van der Waals surface area contributed by atoms with Crippen molar-refractivity contribution in [2.45, 2.75) is 9.79 Å². The highest BCUT2D eigenvalue weighted by atomic mass is 32.2. The van der Waals surface area contributed by atoms with Gasteiger partial charge >= 0.3 is 0 Å². The van der Waals surface area contributed by atoms with Crippen LogP contribution in [0.25, 0.3) is 10.8 Å². The van der Waals surface area contributed by atoms with Gasteiger partial charge in [-0.3, -0.25) is 0 Å². The van der Waals surface area contributed by atoms with Crippen molar-refractivity contribution >= 4 is 30.8 Å². The second-order valence-electron chi connectivity index (χ2n) is 6.07. The molecule has 2 aromatic rings. The molecule has 0 aromatic heterocycles. The monoisotopic (exact) mass is 462 g/mol. The Kier molecular flexibility index (Phi) is 9.58. The first-order chi connectivity index (χ1) is 14.3. The zero-order valence-corrected chi connectivity index (χ0v) is 17.9. The first-order valence-electron chi connectivity index (χ1n) is 9.22. The first kappa shape index (κ1) is 24.6. The van der Waals surface area contributed by atoms with Gasteiger partial charge in [-0.05, 0) is 12.1 Å². The van der Waals surface area contributed by atoms with E-state index < -0.39 is 20.0 Å². The molecule has 0 unspecified atom stereocenters. The van der Waals surface area contributed by atoms with Crippen LogP contribution in [-0.2, 0) is 29.5 Å². The van der Waals surface area contributed by atoms with Gasteiger partial charge in [-0.1, -0.05) is 24.3 Å². The number of hydrogen-bond acceptors (Lipinski definition) is 8. The van der Waals surface area contributed by atoms with Gasteiger partial charge in [0.1, 0.15) is 0 Å². The molecule has 0 aliphatic rings. The van der Waals surface area contributed by atoms with Crippen LogP contribution in [0.3, 0.4) is 0 Å². The Hall–Kier alpha value is -1.64.